The maximum atomic E-state index is 12.0. The highest BCUT2D eigenvalue weighted by molar-refractivity contribution is 14.2. The summed E-state index contributed by atoms with van der Waals surface area (Å²) in [6.07, 6.45) is -3.32. The molecule has 0 N–H and O–H groups in total. The minimum Gasteiger partial charge on any atom is -0.231 e. The van der Waals surface area contributed by atoms with Crippen molar-refractivity contribution in [2.75, 3.05) is 0 Å². The molecule has 0 aromatic carbocycles. The molecular formula is C5H4F3IN2. The Bertz CT molecular complexity index is 251. The van der Waals surface area contributed by atoms with Gasteiger partial charge in [-0.05, 0) is 6.92 Å². The molecule has 0 aromatic heterocycles. The Morgan fingerprint density at radius 1 is 1.45 bits per heavy atom. The molecule has 0 bridgehead atoms. The van der Waals surface area contributed by atoms with E-state index in [1.165, 1.54) is 6.92 Å². The van der Waals surface area contributed by atoms with Crippen molar-refractivity contribution in [1.29, 1.82) is 0 Å². The molecule has 0 aliphatic carbocycles. The highest BCUT2D eigenvalue weighted by Crippen LogP contribution is 2.35. The fourth-order valence-electron chi connectivity index (χ4n) is 0.572. The summed E-state index contributed by atoms with van der Waals surface area (Å²) in [5.74, 6) is 0. The summed E-state index contributed by atoms with van der Waals surface area (Å²) < 4.78 is 39.9. The van der Waals surface area contributed by atoms with Crippen molar-refractivity contribution in [2.24, 2.45) is 8.14 Å². The third kappa shape index (κ3) is 2.08. The lowest BCUT2D eigenvalue weighted by Crippen LogP contribution is -2.11. The summed E-state index contributed by atoms with van der Waals surface area (Å²) in [7, 11) is 0. The van der Waals surface area contributed by atoms with Crippen LogP contribution in [0, 0.1) is 0 Å². The van der Waals surface area contributed by atoms with Gasteiger partial charge in [-0.2, -0.15) is 13.2 Å². The van der Waals surface area contributed by atoms with Crippen LogP contribution in [-0.4, -0.2) is 12.5 Å². The third-order valence-electron chi connectivity index (χ3n) is 1.00. The van der Waals surface area contributed by atoms with E-state index in [9.17, 15) is 13.2 Å². The highest BCUT2D eigenvalue weighted by Gasteiger charge is 2.35. The van der Waals surface area contributed by atoms with Gasteiger partial charge in [0.25, 0.3) is 0 Å². The number of hydrogen-bond acceptors (Lipinski definition) is 2. The predicted octanol–water partition coefficient (Wildman–Crippen LogP) is 2.98. The third-order valence-corrected chi connectivity index (χ3v) is 2.76. The number of allylic oxidation sites excluding steroid dienone is 2. The molecule has 0 spiro atoms. The summed E-state index contributed by atoms with van der Waals surface area (Å²) in [5, 5.41) is 0. The normalized spacial score (nSPS) is 18.5. The van der Waals surface area contributed by atoms with Gasteiger partial charge in [-0.3, -0.25) is 0 Å². The maximum Gasteiger partial charge on any atom is 0.434 e. The Hall–Kier alpha value is -0.270. The quantitative estimate of drug-likeness (QED) is 0.608. The van der Waals surface area contributed by atoms with Crippen molar-refractivity contribution in [3.8, 4) is 0 Å². The highest BCUT2D eigenvalue weighted by atomic mass is 127. The smallest absolute Gasteiger partial charge is 0.231 e. The zero-order valence-corrected chi connectivity index (χ0v) is 7.64. The predicted molar refractivity (Wildman–Crippen MR) is 43.7 cm³/mol. The summed E-state index contributed by atoms with van der Waals surface area (Å²) in [5.41, 5.74) is -0.764. The molecule has 0 amide bonds. The van der Waals surface area contributed by atoms with Crippen LogP contribution < -0.4 is 0 Å². The van der Waals surface area contributed by atoms with E-state index >= 15 is 0 Å². The van der Waals surface area contributed by atoms with Crippen LogP contribution in [0.3, 0.4) is 0 Å². The molecule has 1 aliphatic heterocycles. The first-order valence-corrected chi connectivity index (χ1v) is 4.71. The number of rotatable bonds is 0. The van der Waals surface area contributed by atoms with Crippen LogP contribution >= 0.6 is 21.0 Å². The average molecular weight is 276 g/mol. The Kier molecular flexibility index (Phi) is 2.40. The molecule has 0 unspecified atom stereocenters. The van der Waals surface area contributed by atoms with Gasteiger partial charge in [0.05, 0.1) is 0 Å². The van der Waals surface area contributed by atoms with Crippen molar-refractivity contribution < 1.29 is 13.2 Å². The largest absolute Gasteiger partial charge is 0.434 e. The fourth-order valence-corrected chi connectivity index (χ4v) is 1.91. The first kappa shape index (κ1) is 8.82. The van der Waals surface area contributed by atoms with E-state index in [1.807, 2.05) is 0 Å². The Balaban J connectivity index is 3.05. The van der Waals surface area contributed by atoms with Gasteiger partial charge in [0, 0.05) is 24.6 Å². The zero-order chi connectivity index (χ0) is 8.48. The van der Waals surface area contributed by atoms with Crippen molar-refractivity contribution in [3.63, 3.8) is 0 Å². The first-order valence-electron chi connectivity index (χ1n) is 2.66. The summed E-state index contributed by atoms with van der Waals surface area (Å²) in [4.78, 5) is 3.17. The summed E-state index contributed by atoms with van der Waals surface area (Å²) in [6.45, 7) is 1.43. The second-order valence-corrected chi connectivity index (χ2v) is 4.46. The average Bonchev–Trinajstić information content (AvgIpc) is 1.86. The van der Waals surface area contributed by atoms with Gasteiger partial charge < -0.3 is 0 Å². The van der Waals surface area contributed by atoms with Crippen molar-refractivity contribution in [3.05, 3.63) is 9.28 Å². The van der Waals surface area contributed by atoms with Gasteiger partial charge in [-0.15, -0.1) is 0 Å². The van der Waals surface area contributed by atoms with Crippen LogP contribution in [0.1, 0.15) is 6.92 Å². The Morgan fingerprint density at radius 3 is 2.45 bits per heavy atom. The standard InChI is InChI=1S/C5H4F3IN2/c1-3-4(5(6,7)8)10-2-11-9-3/h2H,1H3. The van der Waals surface area contributed by atoms with Crippen LogP contribution in [0.2, 0.25) is 0 Å². The molecule has 2 nitrogen and oxygen atoms in total. The molecule has 1 heterocycles. The second-order valence-electron chi connectivity index (χ2n) is 1.81. The number of alkyl halides is 3. The zero-order valence-electron chi connectivity index (χ0n) is 5.48. The van der Waals surface area contributed by atoms with Crippen molar-refractivity contribution in [1.82, 2.24) is 0 Å². The molecular weight excluding hydrogens is 272 g/mol. The minimum atomic E-state index is -4.31. The topological polar surface area (TPSA) is 24.7 Å². The molecule has 1 rings (SSSR count). The molecule has 0 atom stereocenters. The number of aliphatic imine (C=N–C) groups is 1. The number of hydrogen-bond donors (Lipinski definition) is 0. The monoisotopic (exact) mass is 276 g/mol. The van der Waals surface area contributed by atoms with Gasteiger partial charge >= 0.3 is 6.18 Å². The van der Waals surface area contributed by atoms with Crippen LogP contribution in [0.4, 0.5) is 13.2 Å². The molecule has 6 heteroatoms. The van der Waals surface area contributed by atoms with Gasteiger partial charge in [0.2, 0.25) is 0 Å². The second kappa shape index (κ2) is 3.00. The lowest BCUT2D eigenvalue weighted by atomic mass is 10.4. The van der Waals surface area contributed by atoms with Crippen molar-refractivity contribution in [2.45, 2.75) is 13.1 Å². The molecule has 0 saturated heterocycles. The SMILES string of the molecule is CC1=C(C(F)(F)F)N=CN=I1. The Labute approximate surface area is 71.4 Å². The molecule has 0 fully saturated rings. The van der Waals surface area contributed by atoms with Gasteiger partial charge in [0.1, 0.15) is 6.34 Å². The van der Waals surface area contributed by atoms with E-state index in [2.05, 4.69) is 8.14 Å². The van der Waals surface area contributed by atoms with Gasteiger partial charge in [-0.25, -0.2) is 8.14 Å². The fraction of sp³-hybridized carbons (Fsp3) is 0.400. The van der Waals surface area contributed by atoms with E-state index < -0.39 is 32.9 Å². The maximum absolute atomic E-state index is 12.0. The van der Waals surface area contributed by atoms with Gasteiger partial charge in [-0.1, -0.05) is 0 Å². The molecule has 11 heavy (non-hydrogen) atoms. The molecule has 0 saturated carbocycles. The summed E-state index contributed by atoms with van der Waals surface area (Å²) >= 11 is -0.819. The molecule has 0 radical (unpaired) electrons. The van der Waals surface area contributed by atoms with Crippen LogP contribution in [0.15, 0.2) is 17.4 Å². The molecule has 0 aromatic rings. The van der Waals surface area contributed by atoms with Crippen LogP contribution in [0.25, 0.3) is 0 Å². The van der Waals surface area contributed by atoms with E-state index in [0.29, 0.717) is 0 Å². The van der Waals surface area contributed by atoms with E-state index in [0.717, 1.165) is 6.34 Å². The minimum absolute atomic E-state index is 0.277. The van der Waals surface area contributed by atoms with E-state index in [-0.39, 0.29) is 3.58 Å². The van der Waals surface area contributed by atoms with E-state index in [4.69, 9.17) is 0 Å². The lowest BCUT2D eigenvalue weighted by Gasteiger charge is -2.09. The summed E-state index contributed by atoms with van der Waals surface area (Å²) in [6, 6.07) is 0. The Morgan fingerprint density at radius 2 is 2.09 bits per heavy atom. The first-order chi connectivity index (χ1) is 5.02. The van der Waals surface area contributed by atoms with Crippen LogP contribution in [0.5, 0.6) is 0 Å². The molecule has 62 valence electrons. The number of nitrogens with zero attached hydrogens (tertiary/aromatic N) is 2. The van der Waals surface area contributed by atoms with E-state index in [1.54, 1.807) is 0 Å². The number of halogens is 4. The van der Waals surface area contributed by atoms with Gasteiger partial charge in [0.15, 0.2) is 5.70 Å². The lowest BCUT2D eigenvalue weighted by molar-refractivity contribution is -0.0925. The molecule has 1 aliphatic rings. The van der Waals surface area contributed by atoms with Crippen LogP contribution in [-0.2, 0) is 0 Å². The van der Waals surface area contributed by atoms with Crippen molar-refractivity contribution >= 4 is 27.4 Å².